The fraction of sp³-hybridized carbons (Fsp3) is 0.417. The highest BCUT2D eigenvalue weighted by molar-refractivity contribution is 9.10. The number of anilines is 1. The molecule has 0 amide bonds. The molecule has 0 unspecified atom stereocenters. The highest BCUT2D eigenvalue weighted by atomic mass is 79.9. The first-order chi connectivity index (χ1) is 9.43. The summed E-state index contributed by atoms with van der Waals surface area (Å²) >= 11 is 3.39. The van der Waals surface area contributed by atoms with E-state index in [4.69, 9.17) is 10.9 Å². The maximum Gasteiger partial charge on any atom is 0.172 e. The normalized spacial score (nSPS) is 19.6. The van der Waals surface area contributed by atoms with Crippen molar-refractivity contribution in [2.24, 2.45) is 10.9 Å². The lowest BCUT2D eigenvalue weighted by Gasteiger charge is -2.24. The zero-order valence-corrected chi connectivity index (χ0v) is 13.2. The van der Waals surface area contributed by atoms with Crippen molar-refractivity contribution >= 4 is 37.3 Å². The van der Waals surface area contributed by atoms with Gasteiger partial charge in [0.25, 0.3) is 0 Å². The molecule has 6 nitrogen and oxygen atoms in total. The summed E-state index contributed by atoms with van der Waals surface area (Å²) < 4.78 is 24.2. The standard InChI is InChI=1S/C12H16BrN3O3S/c13-9-2-3-10(12(14)15-17)11(8-9)16-4-1-6-20(18,19)7-5-16/h2-3,8,17H,1,4-7H2,(H2,14,15). The number of amidine groups is 1. The van der Waals surface area contributed by atoms with E-state index in [2.05, 4.69) is 21.1 Å². The van der Waals surface area contributed by atoms with Gasteiger partial charge >= 0.3 is 0 Å². The van der Waals surface area contributed by atoms with Crippen LogP contribution in [0.25, 0.3) is 0 Å². The SMILES string of the molecule is N/C(=N/O)c1ccc(Br)cc1N1CCCS(=O)(=O)CC1. The first-order valence-electron chi connectivity index (χ1n) is 6.16. The molecule has 0 spiro atoms. The molecular formula is C12H16BrN3O3S. The Kier molecular flexibility index (Phi) is 4.54. The molecule has 1 saturated heterocycles. The lowest BCUT2D eigenvalue weighted by molar-refractivity contribution is 0.318. The predicted octanol–water partition coefficient (Wildman–Crippen LogP) is 1.17. The summed E-state index contributed by atoms with van der Waals surface area (Å²) in [6.07, 6.45) is 0.574. The van der Waals surface area contributed by atoms with E-state index in [1.165, 1.54) is 0 Å². The van der Waals surface area contributed by atoms with Gasteiger partial charge in [0.2, 0.25) is 0 Å². The number of oxime groups is 1. The van der Waals surface area contributed by atoms with Gasteiger partial charge in [-0.05, 0) is 24.6 Å². The minimum Gasteiger partial charge on any atom is -0.409 e. The molecule has 2 rings (SSSR count). The lowest BCUT2D eigenvalue weighted by atomic mass is 10.1. The molecule has 0 aromatic heterocycles. The Bertz CT molecular complexity index is 631. The zero-order valence-electron chi connectivity index (χ0n) is 10.8. The Morgan fingerprint density at radius 2 is 2.10 bits per heavy atom. The third-order valence-electron chi connectivity index (χ3n) is 3.24. The van der Waals surface area contributed by atoms with Gasteiger partial charge in [0.15, 0.2) is 15.7 Å². The summed E-state index contributed by atoms with van der Waals surface area (Å²) in [7, 11) is -2.97. The number of nitrogens with zero attached hydrogens (tertiary/aromatic N) is 2. The average Bonchev–Trinajstić information content (AvgIpc) is 2.58. The van der Waals surface area contributed by atoms with Crippen molar-refractivity contribution in [3.05, 3.63) is 28.2 Å². The van der Waals surface area contributed by atoms with Crippen LogP contribution < -0.4 is 10.6 Å². The van der Waals surface area contributed by atoms with E-state index in [1.807, 2.05) is 11.0 Å². The van der Waals surface area contributed by atoms with Crippen LogP contribution in [0.4, 0.5) is 5.69 Å². The van der Waals surface area contributed by atoms with Crippen LogP contribution >= 0.6 is 15.9 Å². The molecule has 0 bridgehead atoms. The number of benzene rings is 1. The van der Waals surface area contributed by atoms with Gasteiger partial charge in [0.1, 0.15) is 0 Å². The molecule has 20 heavy (non-hydrogen) atoms. The first kappa shape index (κ1) is 15.1. The quantitative estimate of drug-likeness (QED) is 0.356. The van der Waals surface area contributed by atoms with Crippen LogP contribution in [0.1, 0.15) is 12.0 Å². The second-order valence-corrected chi connectivity index (χ2v) is 7.86. The predicted molar refractivity (Wildman–Crippen MR) is 82.1 cm³/mol. The Balaban J connectivity index is 2.38. The minimum absolute atomic E-state index is 0.0135. The fourth-order valence-electron chi connectivity index (χ4n) is 2.22. The number of hydrogen-bond donors (Lipinski definition) is 2. The van der Waals surface area contributed by atoms with Crippen LogP contribution in [0.3, 0.4) is 0 Å². The van der Waals surface area contributed by atoms with Crippen LogP contribution in [0.5, 0.6) is 0 Å². The summed E-state index contributed by atoms with van der Waals surface area (Å²) in [6, 6.07) is 5.39. The molecule has 0 saturated carbocycles. The third-order valence-corrected chi connectivity index (χ3v) is 5.45. The Morgan fingerprint density at radius 3 is 2.80 bits per heavy atom. The van der Waals surface area contributed by atoms with E-state index < -0.39 is 9.84 Å². The third kappa shape index (κ3) is 3.43. The van der Waals surface area contributed by atoms with Gasteiger partial charge in [-0.3, -0.25) is 0 Å². The number of rotatable bonds is 2. The van der Waals surface area contributed by atoms with E-state index in [9.17, 15) is 8.42 Å². The monoisotopic (exact) mass is 361 g/mol. The van der Waals surface area contributed by atoms with Crippen LogP contribution in [-0.2, 0) is 9.84 Å². The molecular weight excluding hydrogens is 346 g/mol. The molecule has 1 aliphatic rings. The zero-order chi connectivity index (χ0) is 14.8. The molecule has 1 aliphatic heterocycles. The molecule has 3 N–H and O–H groups in total. The molecule has 0 aliphatic carbocycles. The van der Waals surface area contributed by atoms with Gasteiger partial charge in [-0.25, -0.2) is 8.42 Å². The molecule has 8 heteroatoms. The fourth-order valence-corrected chi connectivity index (χ4v) is 3.84. The molecule has 0 atom stereocenters. The second kappa shape index (κ2) is 6.01. The first-order valence-corrected chi connectivity index (χ1v) is 8.77. The molecule has 110 valence electrons. The van der Waals surface area contributed by atoms with Crippen molar-refractivity contribution in [1.82, 2.24) is 0 Å². The molecule has 1 fully saturated rings. The van der Waals surface area contributed by atoms with Gasteiger partial charge in [-0.1, -0.05) is 21.1 Å². The van der Waals surface area contributed by atoms with Crippen molar-refractivity contribution < 1.29 is 13.6 Å². The average molecular weight is 362 g/mol. The van der Waals surface area contributed by atoms with Crippen molar-refractivity contribution in [3.8, 4) is 0 Å². The number of hydrogen-bond acceptors (Lipinski definition) is 5. The van der Waals surface area contributed by atoms with Crippen molar-refractivity contribution in [2.45, 2.75) is 6.42 Å². The summed E-state index contributed by atoms with van der Waals surface area (Å²) in [5, 5.41) is 11.9. The summed E-state index contributed by atoms with van der Waals surface area (Å²) in [5.41, 5.74) is 7.05. The molecule has 1 aromatic carbocycles. The van der Waals surface area contributed by atoms with Crippen LogP contribution in [0.2, 0.25) is 0 Å². The van der Waals surface area contributed by atoms with Crippen LogP contribution in [0.15, 0.2) is 27.8 Å². The number of nitrogens with two attached hydrogens (primary N) is 1. The van der Waals surface area contributed by atoms with Gasteiger partial charge < -0.3 is 15.8 Å². The van der Waals surface area contributed by atoms with E-state index in [-0.39, 0.29) is 17.3 Å². The van der Waals surface area contributed by atoms with Gasteiger partial charge in [-0.15, -0.1) is 0 Å². The van der Waals surface area contributed by atoms with Gasteiger partial charge in [0.05, 0.1) is 11.5 Å². The van der Waals surface area contributed by atoms with Crippen LogP contribution in [0, 0.1) is 0 Å². The minimum atomic E-state index is -2.97. The number of halogens is 1. The van der Waals surface area contributed by atoms with Crippen molar-refractivity contribution in [3.63, 3.8) is 0 Å². The van der Waals surface area contributed by atoms with Crippen molar-refractivity contribution in [2.75, 3.05) is 29.5 Å². The van der Waals surface area contributed by atoms with Crippen molar-refractivity contribution in [1.29, 1.82) is 0 Å². The number of sulfone groups is 1. The van der Waals surface area contributed by atoms with E-state index in [1.54, 1.807) is 12.1 Å². The Labute approximate surface area is 126 Å². The smallest absolute Gasteiger partial charge is 0.172 e. The Morgan fingerprint density at radius 1 is 1.35 bits per heavy atom. The lowest BCUT2D eigenvalue weighted by Crippen LogP contribution is -2.29. The second-order valence-electron chi connectivity index (χ2n) is 4.64. The molecule has 1 heterocycles. The topological polar surface area (TPSA) is 96.0 Å². The summed E-state index contributed by atoms with van der Waals surface area (Å²) in [5.74, 6) is 0.338. The van der Waals surface area contributed by atoms with E-state index >= 15 is 0 Å². The summed E-state index contributed by atoms with van der Waals surface area (Å²) in [4.78, 5) is 1.96. The Hall–Kier alpha value is -1.28. The summed E-state index contributed by atoms with van der Waals surface area (Å²) in [6.45, 7) is 1.03. The van der Waals surface area contributed by atoms with E-state index in [0.717, 1.165) is 10.2 Å². The van der Waals surface area contributed by atoms with Gasteiger partial charge in [0, 0.05) is 28.8 Å². The maximum absolute atomic E-state index is 11.7. The van der Waals surface area contributed by atoms with Crippen LogP contribution in [-0.4, -0.2) is 44.1 Å². The van der Waals surface area contributed by atoms with Gasteiger partial charge in [-0.2, -0.15) is 0 Å². The highest BCUT2D eigenvalue weighted by Crippen LogP contribution is 2.26. The molecule has 1 aromatic rings. The van der Waals surface area contributed by atoms with E-state index in [0.29, 0.717) is 25.1 Å². The highest BCUT2D eigenvalue weighted by Gasteiger charge is 2.22. The maximum atomic E-state index is 11.7. The largest absolute Gasteiger partial charge is 0.409 e. The molecule has 0 radical (unpaired) electrons.